The highest BCUT2D eigenvalue weighted by Crippen LogP contribution is 2.13. The summed E-state index contributed by atoms with van der Waals surface area (Å²) in [5.41, 5.74) is 4.05. The summed E-state index contributed by atoms with van der Waals surface area (Å²) < 4.78 is 1.94. The van der Waals surface area contributed by atoms with Crippen molar-refractivity contribution in [1.82, 2.24) is 9.88 Å². The van der Waals surface area contributed by atoms with E-state index in [1.165, 1.54) is 5.56 Å². The van der Waals surface area contributed by atoms with Gasteiger partial charge >= 0.3 is 0 Å². The van der Waals surface area contributed by atoms with E-state index in [9.17, 15) is 4.79 Å². The molecule has 0 atom stereocenters. The molecule has 0 aliphatic heterocycles. The number of carbonyl (C=O) groups is 1. The molecular weight excluding hydrogens is 320 g/mol. The molecule has 0 radical (unpaired) electrons. The lowest BCUT2D eigenvalue weighted by Crippen LogP contribution is -2.25. The smallest absolute Gasteiger partial charge is 0.268 e. The average molecular weight is 339 g/mol. The van der Waals surface area contributed by atoms with Gasteiger partial charge < -0.3 is 9.88 Å². The van der Waals surface area contributed by atoms with E-state index in [4.69, 9.17) is 11.6 Å². The fourth-order valence-electron chi connectivity index (χ4n) is 2.52. The zero-order chi connectivity index (χ0) is 16.9. The van der Waals surface area contributed by atoms with Crippen LogP contribution in [0.15, 0.2) is 66.9 Å². The second-order valence-electron chi connectivity index (χ2n) is 5.82. The number of nitrogens with one attached hydrogen (secondary N) is 1. The van der Waals surface area contributed by atoms with Gasteiger partial charge in [-0.3, -0.25) is 4.79 Å². The van der Waals surface area contributed by atoms with Crippen LogP contribution in [0.1, 0.15) is 27.2 Å². The van der Waals surface area contributed by atoms with E-state index in [1.54, 1.807) is 0 Å². The third-order valence-electron chi connectivity index (χ3n) is 3.90. The van der Waals surface area contributed by atoms with Crippen molar-refractivity contribution in [3.8, 4) is 0 Å². The van der Waals surface area contributed by atoms with E-state index in [0.29, 0.717) is 23.8 Å². The first-order chi connectivity index (χ1) is 11.6. The summed E-state index contributed by atoms with van der Waals surface area (Å²) in [6.07, 6.45) is 1.91. The largest absolute Gasteiger partial charge is 0.347 e. The number of benzene rings is 2. The van der Waals surface area contributed by atoms with Crippen LogP contribution in [0.3, 0.4) is 0 Å². The minimum atomic E-state index is -0.0745. The Kier molecular flexibility index (Phi) is 5.02. The van der Waals surface area contributed by atoms with Gasteiger partial charge in [0.25, 0.3) is 5.91 Å². The molecule has 3 rings (SSSR count). The number of amides is 1. The second-order valence-corrected chi connectivity index (χ2v) is 6.25. The number of aryl methyl sites for hydroxylation is 1. The predicted octanol–water partition coefficient (Wildman–Crippen LogP) is 4.43. The number of halogens is 1. The highest BCUT2D eigenvalue weighted by atomic mass is 35.5. The summed E-state index contributed by atoms with van der Waals surface area (Å²) >= 11 is 5.91. The number of rotatable bonds is 5. The first kappa shape index (κ1) is 16.3. The van der Waals surface area contributed by atoms with Crippen LogP contribution in [-0.2, 0) is 13.1 Å². The summed E-state index contributed by atoms with van der Waals surface area (Å²) in [7, 11) is 0. The molecule has 1 amide bonds. The van der Waals surface area contributed by atoms with Gasteiger partial charge in [-0.2, -0.15) is 0 Å². The summed E-state index contributed by atoms with van der Waals surface area (Å²) in [5.74, 6) is -0.0745. The molecule has 1 N–H and O–H groups in total. The van der Waals surface area contributed by atoms with Crippen LogP contribution in [-0.4, -0.2) is 10.5 Å². The molecule has 2 aromatic carbocycles. The molecular formula is C20H19ClN2O. The summed E-state index contributed by atoms with van der Waals surface area (Å²) in [5, 5.41) is 3.69. The minimum absolute atomic E-state index is 0.0745. The first-order valence-corrected chi connectivity index (χ1v) is 8.23. The normalized spacial score (nSPS) is 10.6. The molecule has 1 aromatic heterocycles. The maximum atomic E-state index is 12.5. The van der Waals surface area contributed by atoms with Crippen molar-refractivity contribution < 1.29 is 4.79 Å². The lowest BCUT2D eigenvalue weighted by molar-refractivity contribution is 0.0942. The molecule has 0 aliphatic rings. The van der Waals surface area contributed by atoms with Gasteiger partial charge in [-0.1, -0.05) is 53.6 Å². The number of carbonyl (C=O) groups excluding carboxylic acids is 1. The molecule has 3 nitrogen and oxygen atoms in total. The Balaban J connectivity index is 1.66. The molecule has 0 fully saturated rings. The zero-order valence-corrected chi connectivity index (χ0v) is 14.3. The maximum Gasteiger partial charge on any atom is 0.268 e. The maximum absolute atomic E-state index is 12.5. The molecule has 0 spiro atoms. The van der Waals surface area contributed by atoms with Crippen LogP contribution in [0, 0.1) is 6.92 Å². The molecule has 0 aliphatic carbocycles. The van der Waals surface area contributed by atoms with E-state index < -0.39 is 0 Å². The van der Waals surface area contributed by atoms with Crippen molar-refractivity contribution in [3.05, 3.63) is 94.3 Å². The topological polar surface area (TPSA) is 34.0 Å². The van der Waals surface area contributed by atoms with Crippen molar-refractivity contribution in [2.24, 2.45) is 0 Å². The Hall–Kier alpha value is -2.52. The summed E-state index contributed by atoms with van der Waals surface area (Å²) in [6, 6.07) is 19.5. The fraction of sp³-hybridized carbons (Fsp3) is 0.150. The monoisotopic (exact) mass is 338 g/mol. The lowest BCUT2D eigenvalue weighted by atomic mass is 10.1. The van der Waals surface area contributed by atoms with Crippen molar-refractivity contribution >= 4 is 17.5 Å². The van der Waals surface area contributed by atoms with E-state index in [1.807, 2.05) is 78.4 Å². The van der Waals surface area contributed by atoms with Gasteiger partial charge in [0.05, 0.1) is 0 Å². The van der Waals surface area contributed by atoms with Gasteiger partial charge in [-0.15, -0.1) is 0 Å². The van der Waals surface area contributed by atoms with E-state index in [-0.39, 0.29) is 5.91 Å². The number of nitrogens with zero attached hydrogens (tertiary/aromatic N) is 1. The van der Waals surface area contributed by atoms with Crippen molar-refractivity contribution in [2.45, 2.75) is 20.0 Å². The molecule has 1 heterocycles. The highest BCUT2D eigenvalue weighted by molar-refractivity contribution is 6.30. The van der Waals surface area contributed by atoms with Crippen LogP contribution < -0.4 is 5.32 Å². The van der Waals surface area contributed by atoms with Crippen LogP contribution in [0.5, 0.6) is 0 Å². The van der Waals surface area contributed by atoms with Crippen LogP contribution in [0.4, 0.5) is 0 Å². The predicted molar refractivity (Wildman–Crippen MR) is 97.3 cm³/mol. The molecule has 4 heteroatoms. The summed E-state index contributed by atoms with van der Waals surface area (Å²) in [6.45, 7) is 3.20. The third-order valence-corrected chi connectivity index (χ3v) is 4.15. The molecule has 0 saturated heterocycles. The van der Waals surface area contributed by atoms with E-state index >= 15 is 0 Å². The van der Waals surface area contributed by atoms with Crippen LogP contribution >= 0.6 is 11.6 Å². The van der Waals surface area contributed by atoms with Crippen LogP contribution in [0.2, 0.25) is 5.02 Å². The third kappa shape index (κ3) is 4.06. The average Bonchev–Trinajstić information content (AvgIpc) is 3.04. The SMILES string of the molecule is Cc1ccc(CNC(=O)c2cccn2Cc2ccc(Cl)cc2)cc1. The second kappa shape index (κ2) is 7.37. The van der Waals surface area contributed by atoms with Gasteiger partial charge in [0.15, 0.2) is 0 Å². The molecule has 24 heavy (non-hydrogen) atoms. The Morgan fingerprint density at radius 1 is 1.00 bits per heavy atom. The highest BCUT2D eigenvalue weighted by Gasteiger charge is 2.10. The Labute approximate surface area is 146 Å². The van der Waals surface area contributed by atoms with Gasteiger partial charge in [-0.05, 0) is 42.3 Å². The number of hydrogen-bond donors (Lipinski definition) is 1. The fourth-order valence-corrected chi connectivity index (χ4v) is 2.65. The molecule has 0 bridgehead atoms. The molecule has 0 saturated carbocycles. The number of hydrogen-bond acceptors (Lipinski definition) is 1. The zero-order valence-electron chi connectivity index (χ0n) is 13.5. The van der Waals surface area contributed by atoms with Gasteiger partial charge in [0, 0.05) is 24.3 Å². The molecule has 0 unspecified atom stereocenters. The van der Waals surface area contributed by atoms with Crippen LogP contribution in [0.25, 0.3) is 0 Å². The quantitative estimate of drug-likeness (QED) is 0.733. The van der Waals surface area contributed by atoms with Crippen molar-refractivity contribution in [2.75, 3.05) is 0 Å². The Bertz CT molecular complexity index is 820. The Morgan fingerprint density at radius 3 is 2.38 bits per heavy atom. The summed E-state index contributed by atoms with van der Waals surface area (Å²) in [4.78, 5) is 12.5. The van der Waals surface area contributed by atoms with Crippen molar-refractivity contribution in [1.29, 1.82) is 0 Å². The van der Waals surface area contributed by atoms with Crippen molar-refractivity contribution in [3.63, 3.8) is 0 Å². The Morgan fingerprint density at radius 2 is 1.67 bits per heavy atom. The number of aromatic nitrogens is 1. The lowest BCUT2D eigenvalue weighted by Gasteiger charge is -2.10. The van der Waals surface area contributed by atoms with E-state index in [2.05, 4.69) is 5.32 Å². The molecule has 122 valence electrons. The van der Waals surface area contributed by atoms with Gasteiger partial charge in [-0.25, -0.2) is 0 Å². The van der Waals surface area contributed by atoms with Gasteiger partial charge in [0.2, 0.25) is 0 Å². The minimum Gasteiger partial charge on any atom is -0.347 e. The standard InChI is InChI=1S/C20H19ClN2O/c1-15-4-6-16(7-5-15)13-22-20(24)19-3-2-12-23(19)14-17-8-10-18(21)11-9-17/h2-12H,13-14H2,1H3,(H,22,24). The first-order valence-electron chi connectivity index (χ1n) is 7.85. The van der Waals surface area contributed by atoms with Gasteiger partial charge in [0.1, 0.15) is 5.69 Å². The van der Waals surface area contributed by atoms with E-state index in [0.717, 1.165) is 11.1 Å². The molecule has 3 aromatic rings.